The fourth-order valence-corrected chi connectivity index (χ4v) is 12.0. The molecule has 0 saturated carbocycles. The molecule has 2 aromatic heterocycles. The molecule has 0 aliphatic rings. The van der Waals surface area contributed by atoms with Crippen LogP contribution < -0.4 is 0 Å². The molecule has 14 aromatic rings. The van der Waals surface area contributed by atoms with E-state index in [-0.39, 0.29) is 0 Å². The monoisotopic (exact) mass is 828 g/mol. The molecule has 0 amide bonds. The summed E-state index contributed by atoms with van der Waals surface area (Å²) in [7, 11) is 0. The minimum absolute atomic E-state index is 0.909. The van der Waals surface area contributed by atoms with E-state index in [9.17, 15) is 0 Å². The lowest BCUT2D eigenvalue weighted by Gasteiger charge is -2.18. The van der Waals surface area contributed by atoms with E-state index in [1.165, 1.54) is 113 Å². The summed E-state index contributed by atoms with van der Waals surface area (Å²) < 4.78 is 9.14. The lowest BCUT2D eigenvalue weighted by Crippen LogP contribution is -1.91. The Morgan fingerprint density at radius 2 is 0.688 bits per heavy atom. The summed E-state index contributed by atoms with van der Waals surface area (Å²) >= 11 is 1.89. The first-order chi connectivity index (χ1) is 31.7. The van der Waals surface area contributed by atoms with Crippen LogP contribution in [-0.2, 0) is 0 Å². The molecule has 0 saturated heterocycles. The van der Waals surface area contributed by atoms with Crippen molar-refractivity contribution in [3.63, 3.8) is 0 Å². The zero-order valence-electron chi connectivity index (χ0n) is 34.6. The second-order valence-electron chi connectivity index (χ2n) is 17.0. The van der Waals surface area contributed by atoms with Crippen LogP contribution >= 0.6 is 11.3 Å². The molecule has 0 N–H and O–H groups in total. The molecular weight excluding hydrogens is 793 g/mol. The van der Waals surface area contributed by atoms with Crippen LogP contribution in [0.2, 0.25) is 0 Å². The molecule has 64 heavy (non-hydrogen) atoms. The van der Waals surface area contributed by atoms with E-state index in [4.69, 9.17) is 4.42 Å². The van der Waals surface area contributed by atoms with Crippen molar-refractivity contribution in [2.45, 2.75) is 0 Å². The second kappa shape index (κ2) is 13.7. The van der Waals surface area contributed by atoms with Gasteiger partial charge in [0.2, 0.25) is 0 Å². The predicted molar refractivity (Wildman–Crippen MR) is 276 cm³/mol. The van der Waals surface area contributed by atoms with Crippen LogP contribution in [0.4, 0.5) is 0 Å². The maximum absolute atomic E-state index is 6.55. The first-order valence-electron chi connectivity index (χ1n) is 22.0. The van der Waals surface area contributed by atoms with E-state index < -0.39 is 0 Å². The normalized spacial score (nSPS) is 12.1. The molecule has 0 aliphatic heterocycles. The van der Waals surface area contributed by atoms with E-state index in [2.05, 4.69) is 218 Å². The molecule has 1 nitrogen and oxygen atoms in total. The first kappa shape index (κ1) is 35.5. The lowest BCUT2D eigenvalue weighted by atomic mass is 9.85. The number of benzene rings is 12. The Morgan fingerprint density at radius 3 is 1.27 bits per heavy atom. The Kier molecular flexibility index (Phi) is 7.63. The maximum Gasteiger partial charge on any atom is 0.143 e. The summed E-state index contributed by atoms with van der Waals surface area (Å²) in [6.07, 6.45) is 0. The second-order valence-corrected chi connectivity index (χ2v) is 18.1. The van der Waals surface area contributed by atoms with E-state index in [0.717, 1.165) is 27.3 Å². The van der Waals surface area contributed by atoms with Crippen molar-refractivity contribution in [3.05, 3.63) is 218 Å². The third-order valence-corrected chi connectivity index (χ3v) is 14.8. The summed E-state index contributed by atoms with van der Waals surface area (Å²) in [5.74, 6) is 0. The highest BCUT2D eigenvalue weighted by Crippen LogP contribution is 2.48. The molecule has 2 heteroatoms. The van der Waals surface area contributed by atoms with E-state index in [1.54, 1.807) is 0 Å². The smallest absolute Gasteiger partial charge is 0.143 e. The molecule has 0 unspecified atom stereocenters. The van der Waals surface area contributed by atoms with Crippen molar-refractivity contribution in [2.24, 2.45) is 0 Å². The van der Waals surface area contributed by atoms with Crippen molar-refractivity contribution in [2.75, 3.05) is 0 Å². The van der Waals surface area contributed by atoms with Gasteiger partial charge in [-0.3, -0.25) is 0 Å². The van der Waals surface area contributed by atoms with Gasteiger partial charge in [0, 0.05) is 36.3 Å². The van der Waals surface area contributed by atoms with Gasteiger partial charge in [-0.1, -0.05) is 182 Å². The lowest BCUT2D eigenvalue weighted by molar-refractivity contribution is 0.672. The van der Waals surface area contributed by atoms with Crippen molar-refractivity contribution in [3.8, 4) is 44.5 Å². The van der Waals surface area contributed by atoms with Crippen molar-refractivity contribution < 1.29 is 4.42 Å². The van der Waals surface area contributed by atoms with Crippen LogP contribution in [0.3, 0.4) is 0 Å². The number of fused-ring (bicyclic) bond motifs is 12. The molecule has 0 spiro atoms. The Labute approximate surface area is 372 Å². The highest BCUT2D eigenvalue weighted by atomic mass is 32.1. The third kappa shape index (κ3) is 5.18. The van der Waals surface area contributed by atoms with Gasteiger partial charge in [-0.25, -0.2) is 0 Å². The highest BCUT2D eigenvalue weighted by molar-refractivity contribution is 7.25. The molecule has 2 heterocycles. The molecular formula is C62H36OS. The molecule has 0 radical (unpaired) electrons. The van der Waals surface area contributed by atoms with Crippen LogP contribution in [0.15, 0.2) is 223 Å². The summed E-state index contributed by atoms with van der Waals surface area (Å²) in [4.78, 5) is 0. The summed E-state index contributed by atoms with van der Waals surface area (Å²) in [6, 6.07) is 80.5. The van der Waals surface area contributed by atoms with Crippen molar-refractivity contribution >= 4 is 107 Å². The standard InChI is InChI=1S/C62H36OS/c1-2-15-38(16-3-1)58-44-18-6-8-20-46(44)61(47-21-9-7-19-45(47)58)41-27-30-43-54-35-40(29-33-56(54)64-57(43)36-41)60-50-24-12-10-22-48(50)59(49-23-11-13-25-51(49)60)39-28-32-55-53(34-39)52-31-26-37-14-4-5-17-42(37)62(52)63-55/h1-36H. The Hall–Kier alpha value is -8.04. The maximum atomic E-state index is 6.55. The van der Waals surface area contributed by atoms with Gasteiger partial charge in [0.25, 0.3) is 0 Å². The number of rotatable bonds is 4. The molecule has 0 fully saturated rings. The van der Waals surface area contributed by atoms with Crippen LogP contribution in [0.5, 0.6) is 0 Å². The molecule has 0 aliphatic carbocycles. The third-order valence-electron chi connectivity index (χ3n) is 13.6. The van der Waals surface area contributed by atoms with Gasteiger partial charge in [-0.2, -0.15) is 0 Å². The SMILES string of the molecule is c1ccc(-c2c3ccccc3c(-c3ccc4c(c3)sc3ccc(-c5c6ccccc6c(-c6ccc7oc8c9ccccc9ccc8c7c6)c6ccccc56)cc34)c3ccccc23)cc1. The van der Waals surface area contributed by atoms with Crippen molar-refractivity contribution in [1.82, 2.24) is 0 Å². The molecule has 296 valence electrons. The van der Waals surface area contributed by atoms with Crippen LogP contribution in [0.25, 0.3) is 140 Å². The van der Waals surface area contributed by atoms with E-state index in [0.29, 0.717) is 0 Å². The number of hydrogen-bond acceptors (Lipinski definition) is 2. The van der Waals surface area contributed by atoms with Crippen LogP contribution in [0, 0.1) is 0 Å². The minimum atomic E-state index is 0.909. The Balaban J connectivity index is 0.945. The Bertz CT molecular complexity index is 4130. The van der Waals surface area contributed by atoms with Gasteiger partial charge in [0.15, 0.2) is 0 Å². The zero-order valence-corrected chi connectivity index (χ0v) is 35.4. The average molecular weight is 829 g/mol. The van der Waals surface area contributed by atoms with Gasteiger partial charge in [-0.15, -0.1) is 11.3 Å². The fourth-order valence-electron chi connectivity index (χ4n) is 10.9. The summed E-state index contributed by atoms with van der Waals surface area (Å²) in [6.45, 7) is 0. The molecule has 12 aromatic carbocycles. The molecule has 14 rings (SSSR count). The number of hydrogen-bond donors (Lipinski definition) is 0. The largest absolute Gasteiger partial charge is 0.455 e. The summed E-state index contributed by atoms with van der Waals surface area (Å²) in [5.41, 5.74) is 11.9. The van der Waals surface area contributed by atoms with E-state index in [1.807, 2.05) is 11.3 Å². The topological polar surface area (TPSA) is 13.1 Å². The Morgan fingerprint density at radius 1 is 0.250 bits per heavy atom. The number of furan rings is 1. The molecule has 0 atom stereocenters. The molecule has 0 bridgehead atoms. The first-order valence-corrected chi connectivity index (χ1v) is 22.8. The fraction of sp³-hybridized carbons (Fsp3) is 0. The highest BCUT2D eigenvalue weighted by Gasteiger charge is 2.21. The van der Waals surface area contributed by atoms with Gasteiger partial charge in [0.05, 0.1) is 0 Å². The van der Waals surface area contributed by atoms with Gasteiger partial charge < -0.3 is 4.42 Å². The van der Waals surface area contributed by atoms with Crippen molar-refractivity contribution in [1.29, 1.82) is 0 Å². The van der Waals surface area contributed by atoms with Gasteiger partial charge >= 0.3 is 0 Å². The van der Waals surface area contributed by atoms with Gasteiger partial charge in [0.1, 0.15) is 11.2 Å². The number of thiophene rings is 1. The van der Waals surface area contributed by atoms with Crippen LogP contribution in [-0.4, -0.2) is 0 Å². The average Bonchev–Trinajstić information content (AvgIpc) is 3.92. The van der Waals surface area contributed by atoms with Crippen LogP contribution in [0.1, 0.15) is 0 Å². The zero-order chi connectivity index (χ0) is 41.9. The quantitative estimate of drug-likeness (QED) is 0.161. The minimum Gasteiger partial charge on any atom is -0.455 e. The van der Waals surface area contributed by atoms with Gasteiger partial charge in [-0.05, 0) is 129 Å². The summed E-state index contributed by atoms with van der Waals surface area (Å²) in [5, 5.41) is 17.3. The predicted octanol–water partition coefficient (Wildman–Crippen LogP) is 18.4. The van der Waals surface area contributed by atoms with E-state index >= 15 is 0 Å².